The Hall–Kier alpha value is -1.67. The largest absolute Gasteiger partial charge is 0.388 e. The Balaban J connectivity index is 2.16. The van der Waals surface area contributed by atoms with Crippen molar-refractivity contribution >= 4 is 0 Å². The first-order valence-corrected chi connectivity index (χ1v) is 6.21. The van der Waals surface area contributed by atoms with Crippen LogP contribution in [-0.2, 0) is 6.42 Å². The van der Waals surface area contributed by atoms with Gasteiger partial charge in [-0.1, -0.05) is 50.2 Å². The van der Waals surface area contributed by atoms with Crippen LogP contribution < -0.4 is 0 Å². The molecule has 0 radical (unpaired) electrons. The minimum absolute atomic E-state index is 0.218. The summed E-state index contributed by atoms with van der Waals surface area (Å²) in [7, 11) is 0. The van der Waals surface area contributed by atoms with Crippen LogP contribution in [-0.4, -0.2) is 10.1 Å². The van der Waals surface area contributed by atoms with Crippen LogP contribution in [0.25, 0.3) is 0 Å². The van der Waals surface area contributed by atoms with Gasteiger partial charge in [-0.15, -0.1) is 0 Å². The zero-order chi connectivity index (χ0) is 13.0. The topological polar surface area (TPSA) is 33.1 Å². The summed E-state index contributed by atoms with van der Waals surface area (Å²) in [6.45, 7) is 4.16. The second kappa shape index (κ2) is 5.32. The molecule has 0 spiro atoms. The van der Waals surface area contributed by atoms with E-state index in [-0.39, 0.29) is 5.41 Å². The molecule has 0 aliphatic heterocycles. The Morgan fingerprint density at radius 1 is 1.11 bits per heavy atom. The van der Waals surface area contributed by atoms with Crippen LogP contribution in [0.5, 0.6) is 0 Å². The molecule has 1 heterocycles. The molecule has 1 aromatic heterocycles. The van der Waals surface area contributed by atoms with Gasteiger partial charge in [-0.25, -0.2) is 0 Å². The lowest BCUT2D eigenvalue weighted by molar-refractivity contribution is 0.0492. The van der Waals surface area contributed by atoms with Crippen LogP contribution in [0.15, 0.2) is 54.9 Å². The molecule has 0 aliphatic rings. The molecule has 0 amide bonds. The highest BCUT2D eigenvalue weighted by Crippen LogP contribution is 2.35. The van der Waals surface area contributed by atoms with Gasteiger partial charge in [0.2, 0.25) is 0 Å². The van der Waals surface area contributed by atoms with Gasteiger partial charge in [0.15, 0.2) is 0 Å². The summed E-state index contributed by atoms with van der Waals surface area (Å²) >= 11 is 0. The molecule has 2 nitrogen and oxygen atoms in total. The fraction of sp³-hybridized carbons (Fsp3) is 0.312. The molecule has 0 fully saturated rings. The molecule has 1 aromatic carbocycles. The SMILES string of the molecule is CC(C)(Cc1ccccc1)C(O)c1cccnc1. The van der Waals surface area contributed by atoms with Crippen molar-refractivity contribution in [1.29, 1.82) is 0 Å². The molecule has 1 unspecified atom stereocenters. The number of rotatable bonds is 4. The molecule has 1 atom stereocenters. The molecular formula is C16H19NO. The van der Waals surface area contributed by atoms with Crippen LogP contribution in [0.3, 0.4) is 0 Å². The third-order valence-electron chi connectivity index (χ3n) is 3.24. The zero-order valence-corrected chi connectivity index (χ0v) is 10.9. The Morgan fingerprint density at radius 2 is 1.83 bits per heavy atom. The van der Waals surface area contributed by atoms with Gasteiger partial charge < -0.3 is 5.11 Å². The fourth-order valence-corrected chi connectivity index (χ4v) is 2.21. The van der Waals surface area contributed by atoms with Gasteiger partial charge in [-0.3, -0.25) is 4.98 Å². The first-order valence-electron chi connectivity index (χ1n) is 6.21. The molecule has 18 heavy (non-hydrogen) atoms. The molecule has 2 rings (SSSR count). The summed E-state index contributed by atoms with van der Waals surface area (Å²) in [6, 6.07) is 14.0. The highest BCUT2D eigenvalue weighted by atomic mass is 16.3. The standard InChI is InChI=1S/C16H19NO/c1-16(2,11-13-7-4-3-5-8-13)15(18)14-9-6-10-17-12-14/h3-10,12,15,18H,11H2,1-2H3. The summed E-state index contributed by atoms with van der Waals surface area (Å²) in [5, 5.41) is 10.5. The van der Waals surface area contributed by atoms with E-state index in [2.05, 4.69) is 31.0 Å². The average Bonchev–Trinajstić information content (AvgIpc) is 2.39. The maximum Gasteiger partial charge on any atom is 0.0858 e. The molecule has 0 bridgehead atoms. The van der Waals surface area contributed by atoms with Gasteiger partial charge in [-0.05, 0) is 29.0 Å². The number of hydrogen-bond acceptors (Lipinski definition) is 2. The van der Waals surface area contributed by atoms with Crippen molar-refractivity contribution in [3.8, 4) is 0 Å². The molecule has 0 saturated heterocycles. The molecule has 2 aromatic rings. The number of aliphatic hydroxyl groups excluding tert-OH is 1. The smallest absolute Gasteiger partial charge is 0.0858 e. The first-order chi connectivity index (χ1) is 8.59. The average molecular weight is 241 g/mol. The minimum atomic E-state index is -0.508. The van der Waals surface area contributed by atoms with Crippen molar-refractivity contribution in [2.75, 3.05) is 0 Å². The monoisotopic (exact) mass is 241 g/mol. The van der Waals surface area contributed by atoms with Gasteiger partial charge in [0.1, 0.15) is 0 Å². The molecule has 1 N–H and O–H groups in total. The van der Waals surface area contributed by atoms with E-state index in [1.807, 2.05) is 30.3 Å². The van der Waals surface area contributed by atoms with E-state index in [1.165, 1.54) is 5.56 Å². The zero-order valence-electron chi connectivity index (χ0n) is 10.9. The molecule has 0 saturated carbocycles. The fourth-order valence-electron chi connectivity index (χ4n) is 2.21. The van der Waals surface area contributed by atoms with Crippen LogP contribution >= 0.6 is 0 Å². The molecule has 0 aliphatic carbocycles. The van der Waals surface area contributed by atoms with E-state index in [4.69, 9.17) is 0 Å². The molecule has 2 heteroatoms. The van der Waals surface area contributed by atoms with E-state index in [0.717, 1.165) is 12.0 Å². The van der Waals surface area contributed by atoms with E-state index in [0.29, 0.717) is 0 Å². The van der Waals surface area contributed by atoms with Gasteiger partial charge in [0.25, 0.3) is 0 Å². The Labute approximate surface area is 108 Å². The van der Waals surface area contributed by atoms with Gasteiger partial charge >= 0.3 is 0 Å². The van der Waals surface area contributed by atoms with E-state index >= 15 is 0 Å². The minimum Gasteiger partial charge on any atom is -0.388 e. The van der Waals surface area contributed by atoms with Crippen LogP contribution in [0, 0.1) is 5.41 Å². The second-order valence-electron chi connectivity index (χ2n) is 5.34. The van der Waals surface area contributed by atoms with Crippen LogP contribution in [0.1, 0.15) is 31.1 Å². The predicted molar refractivity (Wildman–Crippen MR) is 73.1 cm³/mol. The van der Waals surface area contributed by atoms with Gasteiger partial charge in [0, 0.05) is 12.4 Å². The lowest BCUT2D eigenvalue weighted by Crippen LogP contribution is -2.24. The summed E-state index contributed by atoms with van der Waals surface area (Å²) in [5.41, 5.74) is 1.90. The maximum absolute atomic E-state index is 10.5. The van der Waals surface area contributed by atoms with Crippen LogP contribution in [0.4, 0.5) is 0 Å². The van der Waals surface area contributed by atoms with Crippen molar-refractivity contribution in [3.63, 3.8) is 0 Å². The number of benzene rings is 1. The van der Waals surface area contributed by atoms with Crippen molar-refractivity contribution in [2.24, 2.45) is 5.41 Å². The first kappa shape index (κ1) is 12.8. The Kier molecular flexibility index (Phi) is 3.78. The predicted octanol–water partition coefficient (Wildman–Crippen LogP) is 3.38. The van der Waals surface area contributed by atoms with E-state index in [9.17, 15) is 5.11 Å². The second-order valence-corrected chi connectivity index (χ2v) is 5.34. The van der Waals surface area contributed by atoms with Gasteiger partial charge in [0.05, 0.1) is 6.10 Å². The third-order valence-corrected chi connectivity index (χ3v) is 3.24. The van der Waals surface area contributed by atoms with Crippen LogP contribution in [0.2, 0.25) is 0 Å². The molecule has 94 valence electrons. The summed E-state index contributed by atoms with van der Waals surface area (Å²) in [4.78, 5) is 4.07. The van der Waals surface area contributed by atoms with Crippen molar-refractivity contribution in [2.45, 2.75) is 26.4 Å². The quantitative estimate of drug-likeness (QED) is 0.890. The van der Waals surface area contributed by atoms with Crippen molar-refractivity contribution in [1.82, 2.24) is 4.98 Å². The normalized spacial score (nSPS) is 13.3. The number of aromatic nitrogens is 1. The number of hydrogen-bond donors (Lipinski definition) is 1. The molecular weight excluding hydrogens is 222 g/mol. The van der Waals surface area contributed by atoms with E-state index < -0.39 is 6.10 Å². The van der Waals surface area contributed by atoms with E-state index in [1.54, 1.807) is 12.4 Å². The number of pyridine rings is 1. The van der Waals surface area contributed by atoms with Gasteiger partial charge in [-0.2, -0.15) is 0 Å². The highest BCUT2D eigenvalue weighted by Gasteiger charge is 2.29. The third kappa shape index (κ3) is 2.96. The number of aliphatic hydroxyl groups is 1. The van der Waals surface area contributed by atoms with Crippen molar-refractivity contribution < 1.29 is 5.11 Å². The van der Waals surface area contributed by atoms with Crippen molar-refractivity contribution in [3.05, 3.63) is 66.0 Å². The lowest BCUT2D eigenvalue weighted by Gasteiger charge is -2.30. The maximum atomic E-state index is 10.5. The summed E-state index contributed by atoms with van der Waals surface area (Å²) < 4.78 is 0. The summed E-state index contributed by atoms with van der Waals surface area (Å²) in [6.07, 6.45) is 3.79. The Morgan fingerprint density at radius 3 is 2.44 bits per heavy atom. The lowest BCUT2D eigenvalue weighted by atomic mass is 9.78. The Bertz CT molecular complexity index is 479. The number of nitrogens with zero attached hydrogens (tertiary/aromatic N) is 1. The summed E-state index contributed by atoms with van der Waals surface area (Å²) in [5.74, 6) is 0. The highest BCUT2D eigenvalue weighted by molar-refractivity contribution is 5.20.